The van der Waals surface area contributed by atoms with Gasteiger partial charge in [0.25, 0.3) is 5.69 Å². The first-order valence-electron chi connectivity index (χ1n) is 9.66. The zero-order valence-corrected chi connectivity index (χ0v) is 17.5. The number of para-hydroxylation sites is 2. The van der Waals surface area contributed by atoms with Gasteiger partial charge in [-0.2, -0.15) is 4.72 Å². The maximum absolute atomic E-state index is 13.1. The number of benzene rings is 2. The molecule has 0 aliphatic carbocycles. The Morgan fingerprint density at radius 2 is 1.74 bits per heavy atom. The fourth-order valence-corrected chi connectivity index (χ4v) is 5.34. The van der Waals surface area contributed by atoms with Crippen molar-refractivity contribution in [3.05, 3.63) is 64.2 Å². The first-order chi connectivity index (χ1) is 14.9. The molecule has 0 amide bonds. The number of nitro benzene ring substituents is 1. The van der Waals surface area contributed by atoms with Crippen molar-refractivity contribution in [2.24, 2.45) is 5.92 Å². The molecule has 2 aliphatic heterocycles. The first kappa shape index (κ1) is 21.7. The maximum atomic E-state index is 13.1. The van der Waals surface area contributed by atoms with Crippen LogP contribution in [0.15, 0.2) is 53.4 Å². The van der Waals surface area contributed by atoms with Gasteiger partial charge in [-0.3, -0.25) is 10.1 Å². The molecule has 166 valence electrons. The Kier molecular flexibility index (Phi) is 6.21. The molecule has 0 spiro atoms. The Hall–Kier alpha value is -2.57. The third-order valence-corrected chi connectivity index (χ3v) is 6.84. The molecule has 0 bridgehead atoms. The Bertz CT molecular complexity index is 1050. The number of nitro groups is 1. The van der Waals surface area contributed by atoms with Crippen molar-refractivity contribution >= 4 is 15.7 Å². The number of hydrogen-bond donors (Lipinski definition) is 1. The molecule has 0 aromatic heterocycles. The number of ether oxygens (including phenoxy) is 4. The second kappa shape index (κ2) is 8.89. The van der Waals surface area contributed by atoms with Crippen LogP contribution in [0.2, 0.25) is 0 Å². The molecule has 1 unspecified atom stereocenters. The molecule has 1 N–H and O–H groups in total. The molecule has 11 heteroatoms. The minimum Gasteiger partial charge on any atom is -0.496 e. The number of methoxy groups -OCH3 is 1. The fourth-order valence-electron chi connectivity index (χ4n) is 4.01. The summed E-state index contributed by atoms with van der Waals surface area (Å²) in [6.45, 7) is 1.05. The summed E-state index contributed by atoms with van der Waals surface area (Å²) in [6, 6.07) is 12.4. The van der Waals surface area contributed by atoms with Crippen LogP contribution < -0.4 is 9.46 Å². The summed E-state index contributed by atoms with van der Waals surface area (Å²) >= 11 is 0. The molecular weight excluding hydrogens is 428 g/mol. The molecule has 2 heterocycles. The highest BCUT2D eigenvalue weighted by molar-refractivity contribution is 7.89. The highest BCUT2D eigenvalue weighted by Crippen LogP contribution is 2.43. The molecule has 4 rings (SSSR count). The van der Waals surface area contributed by atoms with E-state index in [0.29, 0.717) is 19.0 Å². The van der Waals surface area contributed by atoms with Crippen LogP contribution >= 0.6 is 0 Å². The van der Waals surface area contributed by atoms with Crippen LogP contribution in [0, 0.1) is 16.0 Å². The third-order valence-electron chi connectivity index (χ3n) is 5.37. The van der Waals surface area contributed by atoms with Crippen LogP contribution in [0.3, 0.4) is 0 Å². The van der Waals surface area contributed by atoms with Gasteiger partial charge in [0.2, 0.25) is 10.0 Å². The second-order valence-corrected chi connectivity index (χ2v) is 8.82. The van der Waals surface area contributed by atoms with E-state index in [1.807, 2.05) is 18.2 Å². The molecule has 2 aliphatic rings. The van der Waals surface area contributed by atoms with E-state index in [0.717, 1.165) is 11.6 Å². The summed E-state index contributed by atoms with van der Waals surface area (Å²) in [5.41, 5.74) is 0.211. The Morgan fingerprint density at radius 1 is 1.06 bits per heavy atom. The minimum atomic E-state index is -4.27. The predicted molar refractivity (Wildman–Crippen MR) is 108 cm³/mol. The van der Waals surface area contributed by atoms with Crippen LogP contribution in [0.5, 0.6) is 5.75 Å². The number of nitrogens with zero attached hydrogens (tertiary/aromatic N) is 1. The first-order valence-corrected chi connectivity index (χ1v) is 11.1. The Morgan fingerprint density at radius 3 is 2.45 bits per heavy atom. The van der Waals surface area contributed by atoms with Gasteiger partial charge in [0.1, 0.15) is 12.0 Å². The van der Waals surface area contributed by atoms with Crippen molar-refractivity contribution in [1.29, 1.82) is 0 Å². The summed E-state index contributed by atoms with van der Waals surface area (Å²) in [5.74, 6) is -0.245. The van der Waals surface area contributed by atoms with E-state index in [9.17, 15) is 18.5 Å². The van der Waals surface area contributed by atoms with Gasteiger partial charge in [0, 0.05) is 23.5 Å². The predicted octanol–water partition coefficient (Wildman–Crippen LogP) is 2.01. The number of hydrogen-bond acceptors (Lipinski definition) is 8. The van der Waals surface area contributed by atoms with Crippen LogP contribution in [0.1, 0.15) is 11.5 Å². The number of rotatable bonds is 7. The van der Waals surface area contributed by atoms with Crippen molar-refractivity contribution in [2.75, 3.05) is 26.9 Å². The topological polar surface area (TPSA) is 126 Å². The maximum Gasteiger partial charge on any atom is 0.289 e. The molecule has 2 aromatic carbocycles. The van der Waals surface area contributed by atoms with Crippen molar-refractivity contribution in [1.82, 2.24) is 4.72 Å². The van der Waals surface area contributed by atoms with Crippen molar-refractivity contribution in [2.45, 2.75) is 23.3 Å². The van der Waals surface area contributed by atoms with Crippen molar-refractivity contribution < 1.29 is 32.3 Å². The van der Waals surface area contributed by atoms with Crippen molar-refractivity contribution in [3.8, 4) is 5.75 Å². The highest BCUT2D eigenvalue weighted by atomic mass is 32.2. The van der Waals surface area contributed by atoms with Gasteiger partial charge < -0.3 is 18.9 Å². The number of nitrogens with one attached hydrogen (secondary N) is 1. The second-order valence-electron chi connectivity index (χ2n) is 7.14. The minimum absolute atomic E-state index is 0.178. The van der Waals surface area contributed by atoms with Gasteiger partial charge in [-0.1, -0.05) is 30.3 Å². The number of sulfonamides is 1. The lowest BCUT2D eigenvalue weighted by atomic mass is 9.86. The highest BCUT2D eigenvalue weighted by Gasteiger charge is 2.47. The summed E-state index contributed by atoms with van der Waals surface area (Å²) in [6.07, 6.45) is -1.56. The molecule has 0 radical (unpaired) electrons. The van der Waals surface area contributed by atoms with Gasteiger partial charge in [0.15, 0.2) is 11.2 Å². The molecule has 10 nitrogen and oxygen atoms in total. The standard InChI is InChI=1S/C20H22N2O8S/c1-27-16-8-4-2-6-13(16)18-14(20-28-10-11-29-20)12-30-19(18)21-31(25,26)17-9-5-3-7-15(17)22(23)24/h2-9,14,18-21H,10-12H2,1H3/t14-,18+,19?/m0/s1. The molecular formula is C20H22N2O8S. The van der Waals surface area contributed by atoms with E-state index < -0.39 is 44.0 Å². The van der Waals surface area contributed by atoms with Gasteiger partial charge in [0.05, 0.1) is 31.9 Å². The van der Waals surface area contributed by atoms with Gasteiger partial charge >= 0.3 is 0 Å². The van der Waals surface area contributed by atoms with Crippen LogP contribution in [0.4, 0.5) is 5.69 Å². The van der Waals surface area contributed by atoms with E-state index in [1.165, 1.54) is 25.3 Å². The largest absolute Gasteiger partial charge is 0.496 e. The summed E-state index contributed by atoms with van der Waals surface area (Å²) < 4.78 is 51.3. The summed E-state index contributed by atoms with van der Waals surface area (Å²) in [7, 11) is -2.74. The smallest absolute Gasteiger partial charge is 0.289 e. The van der Waals surface area contributed by atoms with Crippen LogP contribution in [0.25, 0.3) is 0 Å². The van der Waals surface area contributed by atoms with Crippen LogP contribution in [-0.2, 0) is 24.2 Å². The van der Waals surface area contributed by atoms with E-state index in [4.69, 9.17) is 18.9 Å². The zero-order chi connectivity index (χ0) is 22.0. The van der Waals surface area contributed by atoms with E-state index >= 15 is 0 Å². The van der Waals surface area contributed by atoms with Crippen molar-refractivity contribution in [3.63, 3.8) is 0 Å². The average Bonchev–Trinajstić information content (AvgIpc) is 3.43. The third kappa shape index (κ3) is 4.27. The van der Waals surface area contributed by atoms with Gasteiger partial charge in [-0.25, -0.2) is 8.42 Å². The SMILES string of the molecule is COc1ccccc1[C@H]1C(NS(=O)(=O)c2ccccc2[N+](=O)[O-])OC[C@@H]1C1OCCO1. The Balaban J connectivity index is 1.70. The molecule has 0 saturated carbocycles. The van der Waals surface area contributed by atoms with Gasteiger partial charge in [-0.05, 0) is 12.1 Å². The normalized spacial score (nSPS) is 24.4. The summed E-state index contributed by atoms with van der Waals surface area (Å²) in [4.78, 5) is 10.2. The molecule has 3 atom stereocenters. The Labute approximate surface area is 179 Å². The van der Waals surface area contributed by atoms with E-state index in [1.54, 1.807) is 6.07 Å². The average molecular weight is 450 g/mol. The lowest BCUT2D eigenvalue weighted by molar-refractivity contribution is -0.387. The lowest BCUT2D eigenvalue weighted by Crippen LogP contribution is -2.40. The summed E-state index contributed by atoms with van der Waals surface area (Å²) in [5, 5.41) is 11.3. The monoisotopic (exact) mass is 450 g/mol. The molecule has 31 heavy (non-hydrogen) atoms. The molecule has 2 saturated heterocycles. The zero-order valence-electron chi connectivity index (χ0n) is 16.7. The van der Waals surface area contributed by atoms with E-state index in [2.05, 4.69) is 4.72 Å². The molecule has 2 fully saturated rings. The fraction of sp³-hybridized carbons (Fsp3) is 0.400. The quantitative estimate of drug-likeness (QED) is 0.501. The molecule has 2 aromatic rings. The lowest BCUT2D eigenvalue weighted by Gasteiger charge is -2.27. The van der Waals surface area contributed by atoms with E-state index in [-0.39, 0.29) is 12.5 Å². The van der Waals surface area contributed by atoms with Gasteiger partial charge in [-0.15, -0.1) is 0 Å². The van der Waals surface area contributed by atoms with Crippen LogP contribution in [-0.4, -0.2) is 52.8 Å².